The van der Waals surface area contributed by atoms with E-state index < -0.39 is 11.9 Å². The fourth-order valence-corrected chi connectivity index (χ4v) is 2.71. The summed E-state index contributed by atoms with van der Waals surface area (Å²) in [4.78, 5) is 0. The molecule has 4 heteroatoms. The van der Waals surface area contributed by atoms with Gasteiger partial charge in [-0.05, 0) is 41.8 Å². The molecule has 0 aromatic heterocycles. The highest BCUT2D eigenvalue weighted by atomic mass is 79.9. The van der Waals surface area contributed by atoms with Gasteiger partial charge in [0.05, 0.1) is 11.1 Å². The third kappa shape index (κ3) is 3.35. The first-order chi connectivity index (χ1) is 8.99. The Bertz CT molecular complexity index is 601. The standard InChI is InChI=1S/C15H13BrClFO/c1-9-7-11(16)5-6-12(9)14(19)8-10-3-2-4-13(17)15(10)18/h2-7,14,19H,8H2,1H3. The molecule has 0 saturated heterocycles. The van der Waals surface area contributed by atoms with E-state index in [4.69, 9.17) is 11.6 Å². The number of benzene rings is 2. The lowest BCUT2D eigenvalue weighted by atomic mass is 9.97. The van der Waals surface area contributed by atoms with Gasteiger partial charge < -0.3 is 5.11 Å². The number of aliphatic hydroxyl groups is 1. The van der Waals surface area contributed by atoms with Gasteiger partial charge in [-0.15, -0.1) is 0 Å². The maximum Gasteiger partial charge on any atom is 0.145 e. The summed E-state index contributed by atoms with van der Waals surface area (Å²) in [6, 6.07) is 10.4. The Hall–Kier alpha value is -0.900. The zero-order valence-corrected chi connectivity index (χ0v) is 12.7. The summed E-state index contributed by atoms with van der Waals surface area (Å²) in [6.45, 7) is 1.91. The summed E-state index contributed by atoms with van der Waals surface area (Å²) in [5.41, 5.74) is 2.18. The van der Waals surface area contributed by atoms with Gasteiger partial charge in [0, 0.05) is 10.9 Å². The van der Waals surface area contributed by atoms with Crippen LogP contribution in [0.5, 0.6) is 0 Å². The van der Waals surface area contributed by atoms with E-state index in [1.54, 1.807) is 12.1 Å². The van der Waals surface area contributed by atoms with Gasteiger partial charge in [0.15, 0.2) is 0 Å². The van der Waals surface area contributed by atoms with Crippen LogP contribution in [0.25, 0.3) is 0 Å². The summed E-state index contributed by atoms with van der Waals surface area (Å²) >= 11 is 9.11. The molecule has 0 amide bonds. The SMILES string of the molecule is Cc1cc(Br)ccc1C(O)Cc1cccc(Cl)c1F. The van der Waals surface area contributed by atoms with Gasteiger partial charge in [0.2, 0.25) is 0 Å². The third-order valence-corrected chi connectivity index (χ3v) is 3.82. The van der Waals surface area contributed by atoms with E-state index in [1.165, 1.54) is 6.07 Å². The number of hydrogen-bond acceptors (Lipinski definition) is 1. The Morgan fingerprint density at radius 3 is 2.74 bits per heavy atom. The van der Waals surface area contributed by atoms with Crippen molar-refractivity contribution in [3.8, 4) is 0 Å². The molecule has 100 valence electrons. The summed E-state index contributed by atoms with van der Waals surface area (Å²) in [5, 5.41) is 10.3. The van der Waals surface area contributed by atoms with Crippen LogP contribution in [0.4, 0.5) is 4.39 Å². The Labute approximate surface area is 125 Å². The summed E-state index contributed by atoms with van der Waals surface area (Å²) in [5.74, 6) is -0.460. The van der Waals surface area contributed by atoms with Crippen LogP contribution in [0.15, 0.2) is 40.9 Å². The monoisotopic (exact) mass is 342 g/mol. The molecule has 1 nitrogen and oxygen atoms in total. The topological polar surface area (TPSA) is 20.2 Å². The highest BCUT2D eigenvalue weighted by molar-refractivity contribution is 9.10. The van der Waals surface area contributed by atoms with Gasteiger partial charge in [0.1, 0.15) is 5.82 Å². The molecular formula is C15H13BrClFO. The van der Waals surface area contributed by atoms with E-state index in [1.807, 2.05) is 25.1 Å². The zero-order valence-electron chi connectivity index (χ0n) is 10.3. The van der Waals surface area contributed by atoms with Crippen molar-refractivity contribution < 1.29 is 9.50 Å². The van der Waals surface area contributed by atoms with Gasteiger partial charge >= 0.3 is 0 Å². The average Bonchev–Trinajstić information content (AvgIpc) is 2.34. The molecule has 0 fully saturated rings. The van der Waals surface area contributed by atoms with Crippen molar-refractivity contribution in [1.29, 1.82) is 0 Å². The molecule has 0 aliphatic carbocycles. The molecule has 0 aliphatic rings. The van der Waals surface area contributed by atoms with Crippen molar-refractivity contribution in [2.24, 2.45) is 0 Å². The lowest BCUT2D eigenvalue weighted by Gasteiger charge is -2.15. The van der Waals surface area contributed by atoms with Crippen LogP contribution in [0, 0.1) is 12.7 Å². The van der Waals surface area contributed by atoms with Crippen molar-refractivity contribution in [1.82, 2.24) is 0 Å². The maximum atomic E-state index is 13.8. The second kappa shape index (κ2) is 6.04. The van der Waals surface area contributed by atoms with Gasteiger partial charge in [-0.3, -0.25) is 0 Å². The minimum atomic E-state index is -0.749. The normalized spacial score (nSPS) is 12.5. The van der Waals surface area contributed by atoms with Crippen molar-refractivity contribution in [2.45, 2.75) is 19.4 Å². The Balaban J connectivity index is 2.25. The van der Waals surface area contributed by atoms with Crippen LogP contribution < -0.4 is 0 Å². The number of rotatable bonds is 3. The van der Waals surface area contributed by atoms with Crippen molar-refractivity contribution in [2.75, 3.05) is 0 Å². The summed E-state index contributed by atoms with van der Waals surface area (Å²) < 4.78 is 14.7. The molecule has 1 N–H and O–H groups in total. The number of hydrogen-bond donors (Lipinski definition) is 1. The molecule has 1 atom stereocenters. The van der Waals surface area contributed by atoms with Gasteiger partial charge in [-0.2, -0.15) is 0 Å². The molecule has 19 heavy (non-hydrogen) atoms. The number of aryl methyl sites for hydroxylation is 1. The lowest BCUT2D eigenvalue weighted by molar-refractivity contribution is 0.176. The molecule has 0 spiro atoms. The quantitative estimate of drug-likeness (QED) is 0.846. The fraction of sp³-hybridized carbons (Fsp3) is 0.200. The Morgan fingerprint density at radius 2 is 2.05 bits per heavy atom. The second-order valence-electron chi connectivity index (χ2n) is 4.43. The maximum absolute atomic E-state index is 13.8. The minimum absolute atomic E-state index is 0.0808. The van der Waals surface area contributed by atoms with Gasteiger partial charge in [0.25, 0.3) is 0 Å². The molecule has 0 saturated carbocycles. The first-order valence-electron chi connectivity index (χ1n) is 5.86. The zero-order chi connectivity index (χ0) is 14.0. The lowest BCUT2D eigenvalue weighted by Crippen LogP contribution is -2.05. The summed E-state index contributed by atoms with van der Waals surface area (Å²) in [7, 11) is 0. The van der Waals surface area contributed by atoms with Crippen LogP contribution >= 0.6 is 27.5 Å². The van der Waals surface area contributed by atoms with E-state index in [-0.39, 0.29) is 11.4 Å². The number of halogens is 3. The molecule has 1 unspecified atom stereocenters. The van der Waals surface area contributed by atoms with E-state index in [9.17, 15) is 9.50 Å². The van der Waals surface area contributed by atoms with Gasteiger partial charge in [-0.25, -0.2) is 4.39 Å². The molecular weight excluding hydrogens is 331 g/mol. The first-order valence-corrected chi connectivity index (χ1v) is 7.03. The molecule has 2 rings (SSSR count). The molecule has 0 radical (unpaired) electrons. The van der Waals surface area contributed by atoms with Crippen molar-refractivity contribution >= 4 is 27.5 Å². The second-order valence-corrected chi connectivity index (χ2v) is 5.76. The van der Waals surface area contributed by atoms with Crippen LogP contribution in [0.1, 0.15) is 22.8 Å². The third-order valence-electron chi connectivity index (χ3n) is 3.04. The van der Waals surface area contributed by atoms with Crippen LogP contribution in [-0.2, 0) is 6.42 Å². The largest absolute Gasteiger partial charge is 0.388 e. The summed E-state index contributed by atoms with van der Waals surface area (Å²) in [6.07, 6.45) is -0.546. The van der Waals surface area contributed by atoms with E-state index >= 15 is 0 Å². The van der Waals surface area contributed by atoms with Crippen molar-refractivity contribution in [3.63, 3.8) is 0 Å². The van der Waals surface area contributed by atoms with E-state index in [0.29, 0.717) is 5.56 Å². The molecule has 0 bridgehead atoms. The molecule has 0 aliphatic heterocycles. The highest BCUT2D eigenvalue weighted by Gasteiger charge is 2.15. The van der Waals surface area contributed by atoms with Crippen molar-refractivity contribution in [3.05, 3.63) is 68.4 Å². The fourth-order valence-electron chi connectivity index (χ4n) is 2.04. The van der Waals surface area contributed by atoms with Gasteiger partial charge in [-0.1, -0.05) is 45.7 Å². The Morgan fingerprint density at radius 1 is 1.32 bits per heavy atom. The predicted molar refractivity (Wildman–Crippen MR) is 79.0 cm³/mol. The van der Waals surface area contributed by atoms with E-state index in [0.717, 1.165) is 15.6 Å². The molecule has 2 aromatic carbocycles. The molecule has 0 heterocycles. The minimum Gasteiger partial charge on any atom is -0.388 e. The van der Waals surface area contributed by atoms with Crippen LogP contribution in [0.3, 0.4) is 0 Å². The molecule has 2 aromatic rings. The van der Waals surface area contributed by atoms with E-state index in [2.05, 4.69) is 15.9 Å². The smallest absolute Gasteiger partial charge is 0.145 e. The van der Waals surface area contributed by atoms with Crippen LogP contribution in [0.2, 0.25) is 5.02 Å². The predicted octanol–water partition coefficient (Wildman–Crippen LogP) is 4.83. The number of aliphatic hydroxyl groups excluding tert-OH is 1. The van der Waals surface area contributed by atoms with Crippen LogP contribution in [-0.4, -0.2) is 5.11 Å². The Kier molecular flexibility index (Phi) is 4.61. The average molecular weight is 344 g/mol. The first kappa shape index (κ1) is 14.5. The highest BCUT2D eigenvalue weighted by Crippen LogP contribution is 2.27.